The van der Waals surface area contributed by atoms with Gasteiger partial charge in [-0.15, -0.1) is 0 Å². The van der Waals surface area contributed by atoms with Gasteiger partial charge in [0.25, 0.3) is 0 Å². The highest BCUT2D eigenvalue weighted by atomic mass is 16.5. The number of likely N-dealkylation sites (N-methyl/N-ethyl adjacent to an activating group) is 1. The van der Waals surface area contributed by atoms with Crippen molar-refractivity contribution in [2.75, 3.05) is 38.7 Å². The van der Waals surface area contributed by atoms with Gasteiger partial charge < -0.3 is 19.1 Å². The Kier molecular flexibility index (Phi) is 8.69. The van der Waals surface area contributed by atoms with Gasteiger partial charge in [0.1, 0.15) is 17.9 Å². The van der Waals surface area contributed by atoms with E-state index in [9.17, 15) is 9.59 Å². The number of aromatic nitrogens is 2. The van der Waals surface area contributed by atoms with E-state index in [0.717, 1.165) is 65.7 Å². The number of fused-ring (bicyclic) bond motifs is 1. The van der Waals surface area contributed by atoms with Crippen molar-refractivity contribution in [3.05, 3.63) is 53.9 Å². The highest BCUT2D eigenvalue weighted by Crippen LogP contribution is 2.30. The summed E-state index contributed by atoms with van der Waals surface area (Å²) in [5.74, 6) is 0.889. The number of unbranched alkanes of at least 4 members (excludes halogenated alkanes) is 2. The zero-order valence-electron chi connectivity index (χ0n) is 22.6. The lowest BCUT2D eigenvalue weighted by atomic mass is 10.1. The largest absolute Gasteiger partial charge is 0.493 e. The van der Waals surface area contributed by atoms with Crippen molar-refractivity contribution < 1.29 is 14.3 Å². The van der Waals surface area contributed by atoms with Crippen LogP contribution in [0.25, 0.3) is 11.0 Å². The number of hydrogen-bond donors (Lipinski definition) is 0. The fourth-order valence-corrected chi connectivity index (χ4v) is 4.74. The predicted molar refractivity (Wildman–Crippen MR) is 147 cm³/mol. The number of urea groups is 1. The molecule has 8 nitrogen and oxygen atoms in total. The van der Waals surface area contributed by atoms with Crippen molar-refractivity contribution in [2.45, 2.75) is 59.0 Å². The van der Waals surface area contributed by atoms with Gasteiger partial charge in [0.15, 0.2) is 0 Å². The molecule has 37 heavy (non-hydrogen) atoms. The molecule has 3 aromatic rings. The highest BCUT2D eigenvalue weighted by Gasteiger charge is 2.28. The third-order valence-electron chi connectivity index (χ3n) is 6.98. The number of rotatable bonds is 11. The Bertz CT molecular complexity index is 1240. The second-order valence-corrected chi connectivity index (χ2v) is 9.85. The van der Waals surface area contributed by atoms with E-state index < -0.39 is 0 Å². The van der Waals surface area contributed by atoms with Crippen molar-refractivity contribution in [3.8, 4) is 5.75 Å². The third kappa shape index (κ3) is 6.06. The quantitative estimate of drug-likeness (QED) is 0.341. The lowest BCUT2D eigenvalue weighted by Gasteiger charge is -2.36. The van der Waals surface area contributed by atoms with Crippen LogP contribution in [0.15, 0.2) is 42.7 Å². The number of benzene rings is 1. The molecule has 0 atom stereocenters. The number of aryl methyl sites for hydroxylation is 1. The second kappa shape index (κ2) is 12.1. The third-order valence-corrected chi connectivity index (χ3v) is 6.98. The summed E-state index contributed by atoms with van der Waals surface area (Å²) >= 11 is 0. The summed E-state index contributed by atoms with van der Waals surface area (Å²) < 4.78 is 7.99. The Morgan fingerprint density at radius 1 is 1.08 bits per heavy atom. The first-order valence-electron chi connectivity index (χ1n) is 13.4. The van der Waals surface area contributed by atoms with Crippen molar-refractivity contribution in [3.63, 3.8) is 0 Å². The van der Waals surface area contributed by atoms with Crippen molar-refractivity contribution >= 4 is 28.7 Å². The van der Waals surface area contributed by atoms with Crippen LogP contribution in [0.1, 0.15) is 50.7 Å². The average molecular weight is 506 g/mol. The first-order chi connectivity index (χ1) is 17.9. The number of carbonyl (C=O) groups excluding carboxylic acids is 2. The Morgan fingerprint density at radius 3 is 2.68 bits per heavy atom. The summed E-state index contributed by atoms with van der Waals surface area (Å²) in [6, 6.07) is 10.1. The smallest absolute Gasteiger partial charge is 0.324 e. The molecule has 1 saturated heterocycles. The second-order valence-electron chi connectivity index (χ2n) is 9.85. The number of hydrogen-bond acceptors (Lipinski definition) is 4. The van der Waals surface area contributed by atoms with Gasteiger partial charge >= 0.3 is 6.03 Å². The van der Waals surface area contributed by atoms with E-state index in [4.69, 9.17) is 4.74 Å². The normalized spacial score (nSPS) is 13.9. The molecule has 0 N–H and O–H groups in total. The molecule has 0 saturated carbocycles. The summed E-state index contributed by atoms with van der Waals surface area (Å²) in [6.45, 7) is 7.12. The number of nitrogens with zero attached hydrogens (tertiary/aromatic N) is 5. The zero-order valence-corrected chi connectivity index (χ0v) is 22.6. The Labute approximate surface area is 219 Å². The van der Waals surface area contributed by atoms with E-state index in [1.807, 2.05) is 44.8 Å². The van der Waals surface area contributed by atoms with E-state index >= 15 is 0 Å². The van der Waals surface area contributed by atoms with E-state index in [1.54, 1.807) is 25.2 Å². The van der Waals surface area contributed by atoms with Crippen LogP contribution in [0.3, 0.4) is 0 Å². The highest BCUT2D eigenvalue weighted by molar-refractivity contribution is 5.93. The van der Waals surface area contributed by atoms with Gasteiger partial charge in [0, 0.05) is 63.3 Å². The van der Waals surface area contributed by atoms with Gasteiger partial charge in [-0.25, -0.2) is 9.78 Å². The summed E-state index contributed by atoms with van der Waals surface area (Å²) in [5.41, 5.74) is 3.83. The number of amides is 3. The number of pyridine rings is 1. The van der Waals surface area contributed by atoms with Crippen LogP contribution in [-0.4, -0.2) is 65.1 Å². The molecular formula is C29H39N5O3. The van der Waals surface area contributed by atoms with E-state index in [1.165, 1.54) is 0 Å². The Morgan fingerprint density at radius 2 is 1.92 bits per heavy atom. The minimum atomic E-state index is -0.000359. The van der Waals surface area contributed by atoms with Gasteiger partial charge in [-0.2, -0.15) is 0 Å². The monoisotopic (exact) mass is 505 g/mol. The lowest BCUT2D eigenvalue weighted by molar-refractivity contribution is -0.129. The fourth-order valence-electron chi connectivity index (χ4n) is 4.74. The van der Waals surface area contributed by atoms with Crippen molar-refractivity contribution in [1.29, 1.82) is 0 Å². The van der Waals surface area contributed by atoms with Gasteiger partial charge in [-0.05, 0) is 48.6 Å². The number of ether oxygens (including phenoxy) is 1. The first-order valence-corrected chi connectivity index (χ1v) is 13.4. The van der Waals surface area contributed by atoms with Crippen LogP contribution in [0.5, 0.6) is 5.75 Å². The average Bonchev–Trinajstić information content (AvgIpc) is 3.31. The summed E-state index contributed by atoms with van der Waals surface area (Å²) in [5, 5.41) is 0.967. The number of anilines is 1. The van der Waals surface area contributed by atoms with Gasteiger partial charge in [0.2, 0.25) is 5.91 Å². The zero-order chi connectivity index (χ0) is 26.4. The SMILES string of the molecule is CCCCCOc1cc(N2CCCN(Cc3ccnc4c3ccn4CC(=O)N(C)C)C2=O)ccc1CC. The molecule has 0 aliphatic carbocycles. The molecule has 0 unspecified atom stereocenters. The maximum Gasteiger partial charge on any atom is 0.324 e. The molecule has 4 rings (SSSR count). The molecule has 198 valence electrons. The minimum Gasteiger partial charge on any atom is -0.493 e. The molecule has 1 aliphatic heterocycles. The molecule has 1 aromatic carbocycles. The van der Waals surface area contributed by atoms with Gasteiger partial charge in [-0.1, -0.05) is 32.8 Å². The fraction of sp³-hybridized carbons (Fsp3) is 0.483. The molecule has 3 heterocycles. The molecule has 1 fully saturated rings. The number of carbonyl (C=O) groups is 2. The maximum absolute atomic E-state index is 13.6. The van der Waals surface area contributed by atoms with Crippen LogP contribution >= 0.6 is 0 Å². The molecule has 0 spiro atoms. The standard InChI is InChI=1S/C29H39N5O3/c1-5-7-8-18-37-26-19-24(11-10-22(26)6-2)34-16-9-15-33(29(34)36)20-23-12-14-30-28-25(23)13-17-32(28)21-27(35)31(3)4/h10-14,17,19H,5-9,15-16,18,20-21H2,1-4H3. The molecule has 3 amide bonds. The predicted octanol–water partition coefficient (Wildman–Crippen LogP) is 5.09. The topological polar surface area (TPSA) is 70.9 Å². The van der Waals surface area contributed by atoms with Crippen LogP contribution in [0.4, 0.5) is 10.5 Å². The van der Waals surface area contributed by atoms with Crippen LogP contribution < -0.4 is 9.64 Å². The summed E-state index contributed by atoms with van der Waals surface area (Å²) in [6.07, 6.45) is 8.77. The molecule has 0 bridgehead atoms. The molecule has 1 aliphatic rings. The summed E-state index contributed by atoms with van der Waals surface area (Å²) in [7, 11) is 3.50. The van der Waals surface area contributed by atoms with E-state index in [-0.39, 0.29) is 18.5 Å². The van der Waals surface area contributed by atoms with Crippen molar-refractivity contribution in [2.24, 2.45) is 0 Å². The van der Waals surface area contributed by atoms with Gasteiger partial charge in [-0.3, -0.25) is 9.69 Å². The summed E-state index contributed by atoms with van der Waals surface area (Å²) in [4.78, 5) is 35.7. The first kappa shape index (κ1) is 26.5. The molecule has 2 aromatic heterocycles. The van der Waals surface area contributed by atoms with Crippen molar-refractivity contribution in [1.82, 2.24) is 19.4 Å². The minimum absolute atomic E-state index is 0.000359. The van der Waals surface area contributed by atoms with E-state index in [0.29, 0.717) is 26.2 Å². The van der Waals surface area contributed by atoms with E-state index in [2.05, 4.69) is 24.9 Å². The molecule has 0 radical (unpaired) electrons. The Hall–Kier alpha value is -3.55. The molecular weight excluding hydrogens is 466 g/mol. The Balaban J connectivity index is 1.51. The van der Waals surface area contributed by atoms with Crippen LogP contribution in [0, 0.1) is 0 Å². The molecule has 8 heteroatoms. The van der Waals surface area contributed by atoms with Gasteiger partial charge in [0.05, 0.1) is 6.61 Å². The maximum atomic E-state index is 13.6. The van der Waals surface area contributed by atoms with Crippen LogP contribution in [-0.2, 0) is 24.3 Å². The lowest BCUT2D eigenvalue weighted by Crippen LogP contribution is -2.49. The van der Waals surface area contributed by atoms with Crippen LogP contribution in [0.2, 0.25) is 0 Å².